The molecule has 86 valence electrons. The maximum Gasteiger partial charge on any atom is 0.104 e. The third kappa shape index (κ3) is 6.25. The fourth-order valence-electron chi connectivity index (χ4n) is 0.833. The Balaban J connectivity index is 3.48. The van der Waals surface area contributed by atoms with Crippen molar-refractivity contribution in [1.29, 1.82) is 0 Å². The Labute approximate surface area is 84.6 Å². The lowest BCUT2D eigenvalue weighted by Gasteiger charge is -2.21. The van der Waals surface area contributed by atoms with Gasteiger partial charge in [-0.3, -0.25) is 4.90 Å². The molecule has 0 aromatic heterocycles. The summed E-state index contributed by atoms with van der Waals surface area (Å²) in [5, 5.41) is 17.6. The first kappa shape index (κ1) is 13.8. The van der Waals surface area contributed by atoms with Crippen LogP contribution in [0.25, 0.3) is 0 Å². The van der Waals surface area contributed by atoms with Gasteiger partial charge in [0.25, 0.3) is 0 Å². The van der Waals surface area contributed by atoms with E-state index < -0.39 is 0 Å². The van der Waals surface area contributed by atoms with E-state index in [2.05, 4.69) is 0 Å². The largest absolute Gasteiger partial charge is 0.381 e. The second-order valence-corrected chi connectivity index (χ2v) is 2.82. The van der Waals surface area contributed by atoms with E-state index in [4.69, 9.17) is 19.7 Å². The summed E-state index contributed by atoms with van der Waals surface area (Å²) in [5.41, 5.74) is 0. The molecular formula is C8H20N2O4. The lowest BCUT2D eigenvalue weighted by molar-refractivity contribution is -0.101. The Bertz CT molecular complexity index is 122. The van der Waals surface area contributed by atoms with E-state index in [1.807, 2.05) is 6.92 Å². The first-order valence-corrected chi connectivity index (χ1v) is 4.51. The summed E-state index contributed by atoms with van der Waals surface area (Å²) in [4.78, 5) is 3.29. The molecule has 0 heterocycles. The minimum absolute atomic E-state index is 0.0279. The van der Waals surface area contributed by atoms with Gasteiger partial charge in [0, 0.05) is 7.11 Å². The predicted octanol–water partition coefficient (Wildman–Crippen LogP) is -0.955. The number of aliphatic hydroxyl groups is 2. The quantitative estimate of drug-likeness (QED) is 0.476. The summed E-state index contributed by atoms with van der Waals surface area (Å²) < 4.78 is 10.1. The Kier molecular flexibility index (Phi) is 9.16. The third-order valence-corrected chi connectivity index (χ3v) is 1.71. The highest BCUT2D eigenvalue weighted by atomic mass is 16.5. The maximum absolute atomic E-state index is 8.84. The van der Waals surface area contributed by atoms with Crippen molar-refractivity contribution < 1.29 is 19.7 Å². The molecule has 0 radical (unpaired) electrons. The van der Waals surface area contributed by atoms with Gasteiger partial charge in [-0.25, -0.2) is 4.90 Å². The van der Waals surface area contributed by atoms with Crippen LogP contribution in [-0.2, 0) is 9.47 Å². The zero-order chi connectivity index (χ0) is 10.8. The molecule has 0 spiro atoms. The second-order valence-electron chi connectivity index (χ2n) is 2.82. The van der Waals surface area contributed by atoms with Gasteiger partial charge in [0.05, 0.1) is 13.5 Å². The zero-order valence-electron chi connectivity index (χ0n) is 8.85. The zero-order valence-corrected chi connectivity index (χ0v) is 8.85. The normalized spacial score (nSPS) is 11.6. The average Bonchev–Trinajstić information content (AvgIpc) is 2.23. The first-order chi connectivity index (χ1) is 6.78. The Hall–Kier alpha value is -0.240. The molecule has 0 bridgehead atoms. The second kappa shape index (κ2) is 9.32. The highest BCUT2D eigenvalue weighted by Crippen LogP contribution is 1.90. The standard InChI is InChI=1S/C8H20N2O4/c1-3-9(4-11)7-14-8-10(5-12)6-13-2/h11-12H,3-8H2,1-2H3. The number of aliphatic hydroxyl groups excluding tert-OH is 2. The summed E-state index contributed by atoms with van der Waals surface area (Å²) in [6.45, 7) is 3.45. The van der Waals surface area contributed by atoms with Crippen LogP contribution in [0.4, 0.5) is 0 Å². The van der Waals surface area contributed by atoms with Gasteiger partial charge < -0.3 is 19.7 Å². The molecule has 0 amide bonds. The Morgan fingerprint density at radius 2 is 1.57 bits per heavy atom. The smallest absolute Gasteiger partial charge is 0.104 e. The van der Waals surface area contributed by atoms with Gasteiger partial charge in [0.2, 0.25) is 0 Å². The van der Waals surface area contributed by atoms with Crippen LogP contribution >= 0.6 is 0 Å². The summed E-state index contributed by atoms with van der Waals surface area (Å²) >= 11 is 0. The molecule has 0 aliphatic heterocycles. The molecule has 14 heavy (non-hydrogen) atoms. The van der Waals surface area contributed by atoms with Crippen molar-refractivity contribution in [2.75, 3.05) is 47.3 Å². The maximum atomic E-state index is 8.84. The Morgan fingerprint density at radius 3 is 2.00 bits per heavy atom. The minimum atomic E-state index is -0.112. The number of methoxy groups -OCH3 is 1. The van der Waals surface area contributed by atoms with Crippen LogP contribution in [0, 0.1) is 0 Å². The molecule has 0 fully saturated rings. The van der Waals surface area contributed by atoms with Crippen molar-refractivity contribution in [3.63, 3.8) is 0 Å². The number of ether oxygens (including phenoxy) is 2. The van der Waals surface area contributed by atoms with Gasteiger partial charge in [-0.05, 0) is 6.54 Å². The van der Waals surface area contributed by atoms with E-state index in [1.54, 1.807) is 16.9 Å². The fraction of sp³-hybridized carbons (Fsp3) is 1.00. The molecule has 0 unspecified atom stereocenters. The van der Waals surface area contributed by atoms with E-state index in [0.717, 1.165) is 6.54 Å². The Morgan fingerprint density at radius 1 is 1.00 bits per heavy atom. The SMILES string of the molecule is CCN(CO)COCN(CO)COC. The van der Waals surface area contributed by atoms with Crippen LogP contribution in [0.5, 0.6) is 0 Å². The molecule has 0 aromatic rings. The van der Waals surface area contributed by atoms with Crippen LogP contribution in [0.1, 0.15) is 6.92 Å². The molecule has 2 N–H and O–H groups in total. The number of rotatable bonds is 9. The molecule has 0 saturated heterocycles. The van der Waals surface area contributed by atoms with Crippen molar-refractivity contribution in [3.8, 4) is 0 Å². The van der Waals surface area contributed by atoms with Gasteiger partial charge in [0.15, 0.2) is 0 Å². The highest BCUT2D eigenvalue weighted by molar-refractivity contribution is 4.40. The van der Waals surface area contributed by atoms with Crippen LogP contribution in [0.2, 0.25) is 0 Å². The van der Waals surface area contributed by atoms with E-state index in [9.17, 15) is 0 Å². The molecule has 0 rings (SSSR count). The number of hydrogen-bond donors (Lipinski definition) is 2. The van der Waals surface area contributed by atoms with Crippen molar-refractivity contribution >= 4 is 0 Å². The average molecular weight is 208 g/mol. The lowest BCUT2D eigenvalue weighted by Crippen LogP contribution is -2.33. The number of hydrogen-bond acceptors (Lipinski definition) is 6. The van der Waals surface area contributed by atoms with E-state index >= 15 is 0 Å². The van der Waals surface area contributed by atoms with Crippen molar-refractivity contribution in [1.82, 2.24) is 9.80 Å². The lowest BCUT2D eigenvalue weighted by atomic mass is 10.7. The number of nitrogens with zero attached hydrogens (tertiary/aromatic N) is 2. The minimum Gasteiger partial charge on any atom is -0.381 e. The molecule has 0 aliphatic rings. The molecular weight excluding hydrogens is 188 g/mol. The first-order valence-electron chi connectivity index (χ1n) is 4.51. The molecule has 0 atom stereocenters. The topological polar surface area (TPSA) is 65.4 Å². The van der Waals surface area contributed by atoms with Crippen LogP contribution in [0.15, 0.2) is 0 Å². The summed E-state index contributed by atoms with van der Waals surface area (Å²) in [7, 11) is 1.55. The van der Waals surface area contributed by atoms with Crippen LogP contribution < -0.4 is 0 Å². The molecule has 0 aliphatic carbocycles. The molecule has 6 heteroatoms. The molecule has 0 aromatic carbocycles. The summed E-state index contributed by atoms with van der Waals surface area (Å²) in [6, 6.07) is 0. The summed E-state index contributed by atoms with van der Waals surface area (Å²) in [5.74, 6) is 0. The monoisotopic (exact) mass is 208 g/mol. The van der Waals surface area contributed by atoms with E-state index in [0.29, 0.717) is 13.5 Å². The fourth-order valence-corrected chi connectivity index (χ4v) is 0.833. The molecule has 6 nitrogen and oxygen atoms in total. The summed E-state index contributed by atoms with van der Waals surface area (Å²) in [6.07, 6.45) is 0. The van der Waals surface area contributed by atoms with Gasteiger partial charge in [-0.2, -0.15) is 0 Å². The van der Waals surface area contributed by atoms with Gasteiger partial charge in [-0.1, -0.05) is 6.92 Å². The van der Waals surface area contributed by atoms with Crippen molar-refractivity contribution in [2.24, 2.45) is 0 Å². The predicted molar refractivity (Wildman–Crippen MR) is 51.1 cm³/mol. The van der Waals surface area contributed by atoms with Gasteiger partial charge in [-0.15, -0.1) is 0 Å². The van der Waals surface area contributed by atoms with Crippen LogP contribution in [0.3, 0.4) is 0 Å². The highest BCUT2D eigenvalue weighted by Gasteiger charge is 2.04. The van der Waals surface area contributed by atoms with Gasteiger partial charge in [0.1, 0.15) is 20.2 Å². The van der Waals surface area contributed by atoms with Crippen molar-refractivity contribution in [2.45, 2.75) is 6.92 Å². The van der Waals surface area contributed by atoms with Crippen molar-refractivity contribution in [3.05, 3.63) is 0 Å². The van der Waals surface area contributed by atoms with Crippen LogP contribution in [-0.4, -0.2) is 67.3 Å². The van der Waals surface area contributed by atoms with Gasteiger partial charge >= 0.3 is 0 Å². The molecule has 0 saturated carbocycles. The van der Waals surface area contributed by atoms with E-state index in [-0.39, 0.29) is 20.2 Å². The van der Waals surface area contributed by atoms with E-state index in [1.165, 1.54) is 0 Å². The third-order valence-electron chi connectivity index (χ3n) is 1.71.